The van der Waals surface area contributed by atoms with Crippen molar-refractivity contribution in [2.24, 2.45) is 0 Å². The smallest absolute Gasteiger partial charge is 1.00 e. The summed E-state index contributed by atoms with van der Waals surface area (Å²) in [7, 11) is 0. The Morgan fingerprint density at radius 1 is 1.83 bits per heavy atom. The fourth-order valence-electron chi connectivity index (χ4n) is 0. The maximum atomic E-state index is 9.17. The van der Waals surface area contributed by atoms with Crippen molar-refractivity contribution >= 4 is 6.29 Å². The number of hydrogen-bond donors (Lipinski definition) is 0. The first kappa shape index (κ1) is 15.7. The maximum absolute atomic E-state index is 9.17. The van der Waals surface area contributed by atoms with Gasteiger partial charge in [-0.1, -0.05) is 6.92 Å². The van der Waals surface area contributed by atoms with Crippen molar-refractivity contribution in [3.05, 3.63) is 0 Å². The van der Waals surface area contributed by atoms with Crippen molar-refractivity contribution in [1.29, 1.82) is 0 Å². The maximum Gasteiger partial charge on any atom is 1.00 e. The predicted molar refractivity (Wildman–Crippen MR) is 21.1 cm³/mol. The van der Waals surface area contributed by atoms with Gasteiger partial charge in [-0.3, -0.25) is 0 Å². The van der Waals surface area contributed by atoms with Gasteiger partial charge in [0.05, 0.1) is 0 Å². The van der Waals surface area contributed by atoms with Gasteiger partial charge in [-0.15, -0.1) is 0 Å². The molecule has 0 fully saturated rings. The summed E-state index contributed by atoms with van der Waals surface area (Å²) in [6, 6.07) is 0. The van der Waals surface area contributed by atoms with Crippen molar-refractivity contribution in [1.82, 2.24) is 0 Å². The normalized spacial score (nSPS) is 4.17. The van der Waals surface area contributed by atoms with Crippen molar-refractivity contribution < 1.29 is 63.1 Å². The molecule has 0 amide bonds. The summed E-state index contributed by atoms with van der Waals surface area (Å²) in [6.45, 7) is 1.81. The van der Waals surface area contributed by atoms with E-state index in [1.807, 2.05) is 6.92 Å². The van der Waals surface area contributed by atoms with Crippen LogP contribution in [0.2, 0.25) is 0 Å². The second-order valence-electron chi connectivity index (χ2n) is 0.575. The van der Waals surface area contributed by atoms with Crippen molar-refractivity contribution in [2.75, 3.05) is 0 Å². The number of rotatable bonds is 1. The molecule has 0 aliphatic carbocycles. The fraction of sp³-hybridized carbons (Fsp3) is 0.667. The van der Waals surface area contributed by atoms with Crippen LogP contribution in [0.25, 0.3) is 0 Å². The van der Waals surface area contributed by atoms with Crippen LogP contribution >= 0.6 is 0 Å². The van der Waals surface area contributed by atoms with Gasteiger partial charge >= 0.3 is 51.4 Å². The molecule has 0 aromatic carbocycles. The molecule has 3 heteroatoms. The molecule has 0 unspecified atom stereocenters. The molecular formula is C3H9KO2. The summed E-state index contributed by atoms with van der Waals surface area (Å²) >= 11 is 0. The molecule has 2 N–H and O–H groups in total. The summed E-state index contributed by atoms with van der Waals surface area (Å²) in [5.74, 6) is 0. The van der Waals surface area contributed by atoms with E-state index in [9.17, 15) is 4.79 Å². The molecule has 0 spiro atoms. The monoisotopic (exact) mass is 116 g/mol. The molecule has 0 aromatic heterocycles. The van der Waals surface area contributed by atoms with Gasteiger partial charge in [-0.25, -0.2) is 0 Å². The molecule has 0 aromatic rings. The van der Waals surface area contributed by atoms with Crippen molar-refractivity contribution in [3.63, 3.8) is 0 Å². The minimum Gasteiger partial charge on any atom is -1.00 e. The SMILES string of the molecule is CCC=O.O.[H-].[K+]. The van der Waals surface area contributed by atoms with Gasteiger partial charge in [-0.2, -0.15) is 0 Å². The molecule has 0 atom stereocenters. The summed E-state index contributed by atoms with van der Waals surface area (Å²) < 4.78 is 0. The van der Waals surface area contributed by atoms with Gasteiger partial charge < -0.3 is 11.7 Å². The molecule has 0 aliphatic rings. The van der Waals surface area contributed by atoms with Crippen LogP contribution in [0, 0.1) is 0 Å². The minimum absolute atomic E-state index is 0. The second kappa shape index (κ2) is 16.3. The Bertz CT molecular complexity index is 26.9. The van der Waals surface area contributed by atoms with Gasteiger partial charge in [0.1, 0.15) is 6.29 Å². The zero-order chi connectivity index (χ0) is 3.41. The van der Waals surface area contributed by atoms with Crippen LogP contribution in [-0.4, -0.2) is 11.8 Å². The number of aldehydes is 1. The first-order chi connectivity index (χ1) is 1.91. The quantitative estimate of drug-likeness (QED) is 0.264. The summed E-state index contributed by atoms with van der Waals surface area (Å²) in [5, 5.41) is 0. The molecule has 0 saturated carbocycles. The average Bonchev–Trinajstić information content (AvgIpc) is 1.37. The molecule has 0 aliphatic heterocycles. The third-order valence-electron chi connectivity index (χ3n) is 0.167. The van der Waals surface area contributed by atoms with E-state index in [-0.39, 0.29) is 58.3 Å². The van der Waals surface area contributed by atoms with Gasteiger partial charge in [0, 0.05) is 6.42 Å². The van der Waals surface area contributed by atoms with Crippen molar-refractivity contribution in [2.45, 2.75) is 13.3 Å². The third-order valence-corrected chi connectivity index (χ3v) is 0.167. The molecule has 0 heterocycles. The van der Waals surface area contributed by atoms with E-state index in [0.717, 1.165) is 6.29 Å². The van der Waals surface area contributed by atoms with E-state index in [0.29, 0.717) is 6.42 Å². The van der Waals surface area contributed by atoms with E-state index >= 15 is 0 Å². The topological polar surface area (TPSA) is 48.6 Å². The van der Waals surface area contributed by atoms with E-state index < -0.39 is 0 Å². The summed E-state index contributed by atoms with van der Waals surface area (Å²) in [4.78, 5) is 9.17. The standard InChI is InChI=1S/C3H6O.K.H2O.H/c1-2-3-4;;;/h3H,2H2,1H3;;1H2;/q;+1;;-1. The summed E-state index contributed by atoms with van der Waals surface area (Å²) in [6.07, 6.45) is 1.51. The number of hydrogen-bond acceptors (Lipinski definition) is 1. The number of carbonyl (C=O) groups excluding carboxylic acids is 1. The van der Waals surface area contributed by atoms with E-state index in [1.165, 1.54) is 0 Å². The fourth-order valence-corrected chi connectivity index (χ4v) is 0. The molecule has 0 radical (unpaired) electrons. The van der Waals surface area contributed by atoms with Crippen LogP contribution in [0.5, 0.6) is 0 Å². The third kappa shape index (κ3) is 18.7. The van der Waals surface area contributed by atoms with Crippen LogP contribution < -0.4 is 51.4 Å². The molecule has 34 valence electrons. The first-order valence-corrected chi connectivity index (χ1v) is 1.35. The predicted octanol–water partition coefficient (Wildman–Crippen LogP) is -3.11. The molecule has 2 nitrogen and oxygen atoms in total. The van der Waals surface area contributed by atoms with Crippen LogP contribution in [0.1, 0.15) is 14.8 Å². The van der Waals surface area contributed by atoms with E-state index in [2.05, 4.69) is 0 Å². The zero-order valence-electron chi connectivity index (χ0n) is 5.19. The minimum atomic E-state index is 0. The Morgan fingerprint density at radius 2 is 2.00 bits per heavy atom. The largest absolute Gasteiger partial charge is 1.00 e. The van der Waals surface area contributed by atoms with Crippen LogP contribution in [0.4, 0.5) is 0 Å². The summed E-state index contributed by atoms with van der Waals surface area (Å²) in [5.41, 5.74) is 0. The Labute approximate surface area is 81.5 Å². The van der Waals surface area contributed by atoms with Crippen LogP contribution in [-0.2, 0) is 4.79 Å². The Morgan fingerprint density at radius 3 is 2.00 bits per heavy atom. The van der Waals surface area contributed by atoms with E-state index in [4.69, 9.17) is 0 Å². The van der Waals surface area contributed by atoms with Crippen LogP contribution in [0.15, 0.2) is 0 Å². The molecule has 0 rings (SSSR count). The van der Waals surface area contributed by atoms with Gasteiger partial charge in [0.2, 0.25) is 0 Å². The number of carbonyl (C=O) groups is 1. The first-order valence-electron chi connectivity index (χ1n) is 1.35. The van der Waals surface area contributed by atoms with E-state index in [1.54, 1.807) is 0 Å². The molecule has 0 saturated heterocycles. The molecular weight excluding hydrogens is 107 g/mol. The Balaban J connectivity index is -0.0000000150. The Kier molecular flexibility index (Phi) is 42.6. The average molecular weight is 116 g/mol. The van der Waals surface area contributed by atoms with Gasteiger partial charge in [0.15, 0.2) is 0 Å². The Hall–Kier alpha value is 1.27. The van der Waals surface area contributed by atoms with Gasteiger partial charge in [-0.05, 0) is 0 Å². The molecule has 0 bridgehead atoms. The van der Waals surface area contributed by atoms with Crippen molar-refractivity contribution in [3.8, 4) is 0 Å². The second-order valence-corrected chi connectivity index (χ2v) is 0.575. The zero-order valence-corrected chi connectivity index (χ0v) is 7.32. The molecule has 6 heavy (non-hydrogen) atoms. The van der Waals surface area contributed by atoms with Gasteiger partial charge in [0.25, 0.3) is 0 Å². The van der Waals surface area contributed by atoms with Crippen LogP contribution in [0.3, 0.4) is 0 Å².